The lowest BCUT2D eigenvalue weighted by atomic mass is 9.57. The molecular formula is C29H38N2O6Si. The van der Waals surface area contributed by atoms with Crippen LogP contribution in [-0.4, -0.2) is 42.4 Å². The van der Waals surface area contributed by atoms with E-state index >= 15 is 0 Å². The highest BCUT2D eigenvalue weighted by Gasteiger charge is 2.67. The molecule has 0 spiro atoms. The highest BCUT2D eigenvalue weighted by atomic mass is 28.4. The van der Waals surface area contributed by atoms with Crippen molar-refractivity contribution in [2.45, 2.75) is 83.2 Å². The molecule has 1 aromatic carbocycles. The number of ketones is 2. The average molecular weight is 539 g/mol. The molecular weight excluding hydrogens is 500 g/mol. The Morgan fingerprint density at radius 2 is 1.92 bits per heavy atom. The summed E-state index contributed by atoms with van der Waals surface area (Å²) < 4.78 is 18.4. The van der Waals surface area contributed by atoms with Crippen LogP contribution in [0.2, 0.25) is 18.1 Å². The summed E-state index contributed by atoms with van der Waals surface area (Å²) in [6.07, 6.45) is 2.65. The Hall–Kier alpha value is -2.75. The lowest BCUT2D eigenvalue weighted by Gasteiger charge is -2.53. The second-order valence-electron chi connectivity index (χ2n) is 12.4. The van der Waals surface area contributed by atoms with Crippen LogP contribution in [0.3, 0.4) is 0 Å². The molecule has 8 nitrogen and oxygen atoms in total. The summed E-state index contributed by atoms with van der Waals surface area (Å²) >= 11 is 0. The maximum Gasteiger partial charge on any atom is 0.265 e. The van der Waals surface area contributed by atoms with Crippen molar-refractivity contribution in [1.82, 2.24) is 5.16 Å². The second kappa shape index (κ2) is 9.17. The fraction of sp³-hybridized carbons (Fsp3) is 0.552. The third kappa shape index (κ3) is 3.81. The fourth-order valence-electron chi connectivity index (χ4n) is 5.87. The van der Waals surface area contributed by atoms with Gasteiger partial charge in [-0.1, -0.05) is 58.4 Å². The number of aliphatic hydroxyl groups is 1. The number of carbonyl (C=O) groups excluding carboxylic acids is 2. The van der Waals surface area contributed by atoms with Crippen molar-refractivity contribution in [3.8, 4) is 5.88 Å². The van der Waals surface area contributed by atoms with Crippen molar-refractivity contribution >= 4 is 25.6 Å². The zero-order valence-corrected chi connectivity index (χ0v) is 24.1. The maximum atomic E-state index is 14.7. The number of ether oxygens (including phenoxy) is 1. The standard InChI is InChI=1S/C29H38N2O6Si/c1-7-8-13-35-27-21-24(36-31-27)22(30)19-15-17-14-16-11-9-10-12-18(16)23(32)20(17)25(33)29(19,26(21)34)37-38(5,6)28(2,3)4/h9-12,17,19,22,32H,7-8,13-15,30H2,1-6H3/t17-,19-,22-,29-/m0/s1. The Balaban J connectivity index is 1.72. The first-order valence-electron chi connectivity index (χ1n) is 13.5. The molecule has 3 N–H and O–H groups in total. The van der Waals surface area contributed by atoms with Gasteiger partial charge in [0.05, 0.1) is 12.6 Å². The van der Waals surface area contributed by atoms with E-state index in [0.29, 0.717) is 25.0 Å². The average Bonchev–Trinajstić information content (AvgIpc) is 3.27. The van der Waals surface area contributed by atoms with Crippen LogP contribution in [-0.2, 0) is 15.6 Å². The number of aliphatic hydroxyl groups excluding tert-OH is 1. The molecule has 1 aromatic heterocycles. The minimum atomic E-state index is -2.72. The molecule has 1 fully saturated rings. The van der Waals surface area contributed by atoms with Crippen LogP contribution in [0.25, 0.3) is 5.76 Å². The molecule has 204 valence electrons. The quantitative estimate of drug-likeness (QED) is 0.279. The van der Waals surface area contributed by atoms with E-state index in [1.165, 1.54) is 0 Å². The van der Waals surface area contributed by atoms with Crippen LogP contribution in [0.4, 0.5) is 0 Å². The Labute approximate surface area is 224 Å². The van der Waals surface area contributed by atoms with Gasteiger partial charge in [0.1, 0.15) is 11.3 Å². The molecule has 38 heavy (non-hydrogen) atoms. The van der Waals surface area contributed by atoms with E-state index in [2.05, 4.69) is 25.9 Å². The highest BCUT2D eigenvalue weighted by Crippen LogP contribution is 2.57. The Bertz CT molecular complexity index is 1320. The number of benzene rings is 1. The second-order valence-corrected chi connectivity index (χ2v) is 17.1. The van der Waals surface area contributed by atoms with Crippen molar-refractivity contribution in [2.24, 2.45) is 17.6 Å². The Kier molecular flexibility index (Phi) is 6.48. The third-order valence-electron chi connectivity index (χ3n) is 8.99. The lowest BCUT2D eigenvalue weighted by Crippen LogP contribution is -2.68. The molecule has 9 heteroatoms. The van der Waals surface area contributed by atoms with E-state index in [9.17, 15) is 14.7 Å². The zero-order chi connectivity index (χ0) is 27.6. The van der Waals surface area contributed by atoms with E-state index in [4.69, 9.17) is 19.4 Å². The molecule has 3 aliphatic carbocycles. The molecule has 1 heterocycles. The molecule has 0 aliphatic heterocycles. The van der Waals surface area contributed by atoms with Crippen molar-refractivity contribution in [3.63, 3.8) is 0 Å². The van der Waals surface area contributed by atoms with E-state index in [-0.39, 0.29) is 39.5 Å². The molecule has 1 saturated carbocycles. The van der Waals surface area contributed by atoms with Gasteiger partial charge in [-0.25, -0.2) is 0 Å². The number of rotatable bonds is 6. The topological polar surface area (TPSA) is 125 Å². The minimum absolute atomic E-state index is 0.0488. The van der Waals surface area contributed by atoms with Gasteiger partial charge in [-0.15, -0.1) is 0 Å². The number of nitrogens with zero attached hydrogens (tertiary/aromatic N) is 1. The first kappa shape index (κ1) is 26.8. The summed E-state index contributed by atoms with van der Waals surface area (Å²) in [6, 6.07) is 6.72. The smallest absolute Gasteiger partial charge is 0.265 e. The van der Waals surface area contributed by atoms with E-state index in [0.717, 1.165) is 18.4 Å². The number of fused-ring (bicyclic) bond motifs is 4. The van der Waals surface area contributed by atoms with Crippen molar-refractivity contribution < 1.29 is 28.4 Å². The first-order chi connectivity index (χ1) is 17.8. The number of unbranched alkanes of at least 4 members (excludes halogenated alkanes) is 1. The largest absolute Gasteiger partial charge is 0.507 e. The molecule has 0 amide bonds. The molecule has 0 saturated heterocycles. The summed E-state index contributed by atoms with van der Waals surface area (Å²) in [5, 5.41) is 15.2. The van der Waals surface area contributed by atoms with Crippen LogP contribution in [0.15, 0.2) is 34.4 Å². The molecule has 5 rings (SSSR count). The van der Waals surface area contributed by atoms with Gasteiger partial charge in [0.25, 0.3) is 5.88 Å². The van der Waals surface area contributed by atoms with Crippen molar-refractivity contribution in [1.29, 1.82) is 0 Å². The van der Waals surface area contributed by atoms with Crippen LogP contribution < -0.4 is 10.5 Å². The number of nitrogens with two attached hydrogens (primary N) is 1. The summed E-state index contributed by atoms with van der Waals surface area (Å²) in [4.78, 5) is 29.3. The van der Waals surface area contributed by atoms with E-state index in [1.807, 2.05) is 38.2 Å². The summed E-state index contributed by atoms with van der Waals surface area (Å²) in [6.45, 7) is 12.6. The predicted molar refractivity (Wildman–Crippen MR) is 145 cm³/mol. The van der Waals surface area contributed by atoms with E-state index < -0.39 is 37.4 Å². The zero-order valence-electron chi connectivity index (χ0n) is 23.1. The molecule has 0 bridgehead atoms. The van der Waals surface area contributed by atoms with Crippen LogP contribution >= 0.6 is 0 Å². The molecule has 0 unspecified atom stereocenters. The van der Waals surface area contributed by atoms with Gasteiger partial charge in [0.2, 0.25) is 11.6 Å². The monoisotopic (exact) mass is 538 g/mol. The van der Waals surface area contributed by atoms with Crippen LogP contribution in [0, 0.1) is 11.8 Å². The van der Waals surface area contributed by atoms with E-state index in [1.54, 1.807) is 6.07 Å². The van der Waals surface area contributed by atoms with Gasteiger partial charge in [-0.05, 0) is 54.0 Å². The number of carbonyl (C=O) groups is 2. The van der Waals surface area contributed by atoms with Crippen molar-refractivity contribution in [3.05, 3.63) is 52.3 Å². The number of hydrogen-bond acceptors (Lipinski definition) is 8. The lowest BCUT2D eigenvalue weighted by molar-refractivity contribution is -0.138. The Morgan fingerprint density at radius 3 is 2.61 bits per heavy atom. The van der Waals surface area contributed by atoms with Gasteiger partial charge >= 0.3 is 0 Å². The van der Waals surface area contributed by atoms with Gasteiger partial charge in [-0.2, -0.15) is 0 Å². The predicted octanol–water partition coefficient (Wildman–Crippen LogP) is 5.54. The summed E-state index contributed by atoms with van der Waals surface area (Å²) in [7, 11) is -2.72. The maximum absolute atomic E-state index is 14.7. The number of hydrogen-bond donors (Lipinski definition) is 2. The van der Waals surface area contributed by atoms with Crippen molar-refractivity contribution in [2.75, 3.05) is 6.61 Å². The summed E-state index contributed by atoms with van der Waals surface area (Å²) in [5.74, 6) is -1.78. The van der Waals surface area contributed by atoms with Crippen LogP contribution in [0.5, 0.6) is 5.88 Å². The minimum Gasteiger partial charge on any atom is -0.507 e. The fourth-order valence-corrected chi connectivity index (χ4v) is 7.32. The Morgan fingerprint density at radius 1 is 1.21 bits per heavy atom. The number of Topliss-reactive ketones (excluding diaryl/α,β-unsaturated/α-hetero) is 2. The SMILES string of the molecule is CCCCOc1noc2c1C(=O)[C@@]1(O[Si](C)(C)C(C)(C)C)C(=O)C3=C(O)c4ccccc4C[C@H]3C[C@H]1[C@@H]2N. The molecule has 4 atom stereocenters. The van der Waals surface area contributed by atoms with Gasteiger partial charge in [0, 0.05) is 17.1 Å². The third-order valence-corrected chi connectivity index (χ3v) is 13.4. The summed E-state index contributed by atoms with van der Waals surface area (Å²) in [5.41, 5.74) is 6.86. The highest BCUT2D eigenvalue weighted by molar-refractivity contribution is 6.74. The number of aromatic nitrogens is 1. The first-order valence-corrected chi connectivity index (χ1v) is 16.4. The molecule has 0 radical (unpaired) electrons. The van der Waals surface area contributed by atoms with Gasteiger partial charge in [-0.3, -0.25) is 9.59 Å². The van der Waals surface area contributed by atoms with Crippen LogP contribution in [0.1, 0.15) is 80.2 Å². The van der Waals surface area contributed by atoms with Gasteiger partial charge in [0.15, 0.2) is 19.7 Å². The van der Waals surface area contributed by atoms with Gasteiger partial charge < -0.3 is 24.5 Å². The molecule has 3 aliphatic rings. The molecule has 2 aromatic rings. The normalized spacial score (nSPS) is 27.0.